The van der Waals surface area contributed by atoms with E-state index in [2.05, 4.69) is 55.3 Å². The Morgan fingerprint density at radius 1 is 1.21 bits per heavy atom. The molecule has 0 bridgehead atoms. The number of benzene rings is 2. The van der Waals surface area contributed by atoms with Crippen LogP contribution in [0, 0.1) is 6.92 Å². The fourth-order valence-corrected chi connectivity index (χ4v) is 3.62. The van der Waals surface area contributed by atoms with Crippen molar-refractivity contribution in [2.24, 2.45) is 0 Å². The van der Waals surface area contributed by atoms with Crippen molar-refractivity contribution in [2.45, 2.75) is 32.7 Å². The zero-order valence-corrected chi connectivity index (χ0v) is 14.8. The predicted molar refractivity (Wildman–Crippen MR) is 99.3 cm³/mol. The van der Waals surface area contributed by atoms with E-state index in [0.29, 0.717) is 13.0 Å². The number of amides is 1. The third-order valence-corrected chi connectivity index (χ3v) is 4.98. The maximum atomic E-state index is 13.0. The van der Waals surface area contributed by atoms with Crippen molar-refractivity contribution in [3.63, 3.8) is 0 Å². The number of carbonyl (C=O) groups excluding carboxylic acids is 1. The molecule has 1 aliphatic heterocycles. The number of likely N-dealkylation sites (N-methyl/N-ethyl adjacent to an activating group) is 1. The minimum absolute atomic E-state index is 0.168. The molecule has 0 saturated heterocycles. The lowest BCUT2D eigenvalue weighted by Gasteiger charge is -2.35. The van der Waals surface area contributed by atoms with Gasteiger partial charge in [-0.3, -0.25) is 9.69 Å². The molecule has 1 heterocycles. The molecule has 1 amide bonds. The first kappa shape index (κ1) is 16.7. The summed E-state index contributed by atoms with van der Waals surface area (Å²) in [6, 6.07) is 16.9. The Kier molecular flexibility index (Phi) is 5.00. The Bertz CT molecular complexity index is 725. The van der Waals surface area contributed by atoms with Gasteiger partial charge in [-0.15, -0.1) is 0 Å². The SMILES string of the molecule is CCN(C(=O)CC1c2ccccc2CCN1C)c1cccc(C)c1. The maximum absolute atomic E-state index is 13.0. The third kappa shape index (κ3) is 3.36. The molecule has 0 aliphatic carbocycles. The number of hydrogen-bond donors (Lipinski definition) is 0. The van der Waals surface area contributed by atoms with Crippen LogP contribution >= 0.6 is 0 Å². The quantitative estimate of drug-likeness (QED) is 0.850. The standard InChI is InChI=1S/C21H26N2O/c1-4-23(18-10-7-8-16(2)14-18)21(24)15-20-19-11-6-5-9-17(19)12-13-22(20)3/h5-11,14,20H,4,12-13,15H2,1-3H3. The summed E-state index contributed by atoms with van der Waals surface area (Å²) in [7, 11) is 2.12. The summed E-state index contributed by atoms with van der Waals surface area (Å²) >= 11 is 0. The van der Waals surface area contributed by atoms with Gasteiger partial charge in [0.05, 0.1) is 0 Å². The normalized spacial score (nSPS) is 17.4. The van der Waals surface area contributed by atoms with Gasteiger partial charge in [0.15, 0.2) is 0 Å². The van der Waals surface area contributed by atoms with Crippen LogP contribution < -0.4 is 4.90 Å². The zero-order chi connectivity index (χ0) is 17.1. The van der Waals surface area contributed by atoms with Gasteiger partial charge in [-0.25, -0.2) is 0 Å². The topological polar surface area (TPSA) is 23.6 Å². The molecule has 0 fully saturated rings. The number of anilines is 1. The van der Waals surface area contributed by atoms with Gasteiger partial charge in [0, 0.05) is 31.2 Å². The molecule has 3 heteroatoms. The van der Waals surface area contributed by atoms with E-state index in [0.717, 1.165) is 18.7 Å². The zero-order valence-electron chi connectivity index (χ0n) is 14.8. The summed E-state index contributed by atoms with van der Waals surface area (Å²) in [5, 5.41) is 0. The van der Waals surface area contributed by atoms with Gasteiger partial charge >= 0.3 is 0 Å². The number of fused-ring (bicyclic) bond motifs is 1. The van der Waals surface area contributed by atoms with Crippen LogP contribution in [0.2, 0.25) is 0 Å². The molecular formula is C21H26N2O. The average molecular weight is 322 g/mol. The predicted octanol–water partition coefficient (Wildman–Crippen LogP) is 3.97. The lowest BCUT2D eigenvalue weighted by molar-refractivity contribution is -0.119. The highest BCUT2D eigenvalue weighted by Crippen LogP contribution is 2.32. The van der Waals surface area contributed by atoms with Crippen LogP contribution in [0.25, 0.3) is 0 Å². The summed E-state index contributed by atoms with van der Waals surface area (Å²) in [6.45, 7) is 5.80. The Morgan fingerprint density at radius 2 is 2.00 bits per heavy atom. The van der Waals surface area contributed by atoms with Crippen molar-refractivity contribution in [3.05, 3.63) is 65.2 Å². The van der Waals surface area contributed by atoms with E-state index >= 15 is 0 Å². The van der Waals surface area contributed by atoms with E-state index in [-0.39, 0.29) is 11.9 Å². The van der Waals surface area contributed by atoms with Gasteiger partial charge < -0.3 is 4.90 Å². The molecular weight excluding hydrogens is 296 g/mol. The van der Waals surface area contributed by atoms with Crippen molar-refractivity contribution < 1.29 is 4.79 Å². The first-order chi connectivity index (χ1) is 11.6. The summed E-state index contributed by atoms with van der Waals surface area (Å²) in [4.78, 5) is 17.2. The Hall–Kier alpha value is -2.13. The van der Waals surface area contributed by atoms with Crippen LogP contribution in [0.3, 0.4) is 0 Å². The van der Waals surface area contributed by atoms with Crippen LogP contribution in [0.15, 0.2) is 48.5 Å². The summed E-state index contributed by atoms with van der Waals surface area (Å²) in [5.41, 5.74) is 4.86. The van der Waals surface area contributed by atoms with Crippen LogP contribution in [-0.4, -0.2) is 30.9 Å². The molecule has 3 nitrogen and oxygen atoms in total. The molecule has 24 heavy (non-hydrogen) atoms. The number of nitrogens with zero attached hydrogens (tertiary/aromatic N) is 2. The highest BCUT2D eigenvalue weighted by Gasteiger charge is 2.28. The second-order valence-corrected chi connectivity index (χ2v) is 6.63. The van der Waals surface area contributed by atoms with Gasteiger partial charge in [0.25, 0.3) is 0 Å². The molecule has 2 aromatic rings. The summed E-state index contributed by atoms with van der Waals surface area (Å²) < 4.78 is 0. The first-order valence-electron chi connectivity index (χ1n) is 8.75. The molecule has 126 valence electrons. The minimum atomic E-state index is 0.168. The van der Waals surface area contributed by atoms with Gasteiger partial charge in [0.2, 0.25) is 5.91 Å². The molecule has 2 aromatic carbocycles. The van der Waals surface area contributed by atoms with Crippen LogP contribution in [-0.2, 0) is 11.2 Å². The van der Waals surface area contributed by atoms with E-state index in [9.17, 15) is 4.79 Å². The summed E-state index contributed by atoms with van der Waals surface area (Å²) in [6.07, 6.45) is 1.59. The third-order valence-electron chi connectivity index (χ3n) is 4.98. The Morgan fingerprint density at radius 3 is 2.75 bits per heavy atom. The Balaban J connectivity index is 1.83. The maximum Gasteiger partial charge on any atom is 0.228 e. The fourth-order valence-electron chi connectivity index (χ4n) is 3.62. The van der Waals surface area contributed by atoms with Crippen molar-refractivity contribution in [1.82, 2.24) is 4.90 Å². The highest BCUT2D eigenvalue weighted by molar-refractivity contribution is 5.93. The molecule has 0 N–H and O–H groups in total. The van der Waals surface area contributed by atoms with Crippen molar-refractivity contribution in [2.75, 3.05) is 25.0 Å². The lowest BCUT2D eigenvalue weighted by atomic mass is 9.91. The van der Waals surface area contributed by atoms with Gasteiger partial charge in [-0.2, -0.15) is 0 Å². The second kappa shape index (κ2) is 7.18. The van der Waals surface area contributed by atoms with Crippen LogP contribution in [0.5, 0.6) is 0 Å². The van der Waals surface area contributed by atoms with Gasteiger partial charge in [-0.05, 0) is 56.1 Å². The Labute approximate surface area is 144 Å². The molecule has 1 unspecified atom stereocenters. The lowest BCUT2D eigenvalue weighted by Crippen LogP contribution is -2.38. The van der Waals surface area contributed by atoms with E-state index in [1.165, 1.54) is 16.7 Å². The number of carbonyl (C=O) groups is 1. The monoisotopic (exact) mass is 322 g/mol. The highest BCUT2D eigenvalue weighted by atomic mass is 16.2. The van der Waals surface area contributed by atoms with Gasteiger partial charge in [-0.1, -0.05) is 36.4 Å². The van der Waals surface area contributed by atoms with Crippen LogP contribution in [0.4, 0.5) is 5.69 Å². The first-order valence-corrected chi connectivity index (χ1v) is 8.75. The average Bonchev–Trinajstić information content (AvgIpc) is 2.58. The molecule has 0 spiro atoms. The smallest absolute Gasteiger partial charge is 0.228 e. The molecule has 0 saturated carbocycles. The minimum Gasteiger partial charge on any atom is -0.313 e. The van der Waals surface area contributed by atoms with E-state index < -0.39 is 0 Å². The van der Waals surface area contributed by atoms with Crippen molar-refractivity contribution in [1.29, 1.82) is 0 Å². The summed E-state index contributed by atoms with van der Waals surface area (Å²) in [5.74, 6) is 0.191. The van der Waals surface area contributed by atoms with E-state index in [4.69, 9.17) is 0 Å². The number of hydrogen-bond acceptors (Lipinski definition) is 2. The molecule has 1 aliphatic rings. The molecule has 0 aromatic heterocycles. The van der Waals surface area contributed by atoms with E-state index in [1.807, 2.05) is 24.0 Å². The molecule has 0 radical (unpaired) electrons. The van der Waals surface area contributed by atoms with Crippen molar-refractivity contribution >= 4 is 11.6 Å². The fraction of sp³-hybridized carbons (Fsp3) is 0.381. The second-order valence-electron chi connectivity index (χ2n) is 6.63. The van der Waals surface area contributed by atoms with Crippen molar-refractivity contribution in [3.8, 4) is 0 Å². The number of rotatable bonds is 4. The molecule has 3 rings (SSSR count). The van der Waals surface area contributed by atoms with E-state index in [1.54, 1.807) is 0 Å². The van der Waals surface area contributed by atoms with Gasteiger partial charge in [0.1, 0.15) is 0 Å². The molecule has 1 atom stereocenters. The largest absolute Gasteiger partial charge is 0.313 e. The number of aryl methyl sites for hydroxylation is 1. The van der Waals surface area contributed by atoms with Crippen LogP contribution in [0.1, 0.15) is 36.1 Å².